The minimum atomic E-state index is -0.437. The summed E-state index contributed by atoms with van der Waals surface area (Å²) in [6.07, 6.45) is 5.59. The summed E-state index contributed by atoms with van der Waals surface area (Å²) >= 11 is 1.53. The van der Waals surface area contributed by atoms with E-state index in [2.05, 4.69) is 20.8 Å². The van der Waals surface area contributed by atoms with Crippen LogP contribution in [0.1, 0.15) is 69.1 Å². The molecule has 0 N–H and O–H groups in total. The maximum atomic E-state index is 14.2. The summed E-state index contributed by atoms with van der Waals surface area (Å²) in [5.41, 5.74) is 4.04. The van der Waals surface area contributed by atoms with Gasteiger partial charge >= 0.3 is 6.03 Å². The minimum absolute atomic E-state index is 0.0206. The zero-order valence-corrected chi connectivity index (χ0v) is 22.2. The summed E-state index contributed by atoms with van der Waals surface area (Å²) in [7, 11) is 0. The predicted octanol–water partition coefficient (Wildman–Crippen LogP) is 7.41. The van der Waals surface area contributed by atoms with Gasteiger partial charge in [0.15, 0.2) is 0 Å². The average Bonchev–Trinajstić information content (AvgIpc) is 3.33. The van der Waals surface area contributed by atoms with Crippen molar-refractivity contribution in [2.75, 3.05) is 4.90 Å². The number of aromatic nitrogens is 1. The Bertz CT molecular complexity index is 1340. The van der Waals surface area contributed by atoms with Gasteiger partial charge in [-0.3, -0.25) is 15.0 Å². The predicted molar refractivity (Wildman–Crippen MR) is 147 cm³/mol. The first kappa shape index (κ1) is 25.1. The Balaban J connectivity index is 1.61. The van der Waals surface area contributed by atoms with E-state index < -0.39 is 4.92 Å². The van der Waals surface area contributed by atoms with Crippen molar-refractivity contribution in [3.63, 3.8) is 0 Å². The standard InChI is InChI=1S/C28H31N5O3S/c1-28(2,3)24-18-37-25(29-24)17-31-27(34)32(20-13-15-21(16-14-20)33(35)36)23-12-8-7-11-22(23)26(30-31)19-9-5-4-6-10-19/h7-8,11-16,18-19H,4-6,9-10,17H2,1-3H3. The first-order valence-electron chi connectivity index (χ1n) is 12.7. The SMILES string of the molecule is CC(C)(C)c1csc(CN2N=C(C3CCCCC3)c3ccccc3N(c3ccc([N+](=O)[O-])cc3)C2=O)n1. The van der Waals surface area contributed by atoms with E-state index in [9.17, 15) is 14.9 Å². The molecule has 3 aromatic rings. The Morgan fingerprint density at radius 2 is 1.76 bits per heavy atom. The van der Waals surface area contributed by atoms with Crippen molar-refractivity contribution < 1.29 is 9.72 Å². The van der Waals surface area contributed by atoms with Gasteiger partial charge in [-0.15, -0.1) is 11.3 Å². The molecule has 0 spiro atoms. The number of urea groups is 1. The zero-order chi connectivity index (χ0) is 26.2. The first-order valence-corrected chi connectivity index (χ1v) is 13.6. The number of para-hydroxylation sites is 1. The van der Waals surface area contributed by atoms with Gasteiger partial charge in [0.05, 0.1) is 34.2 Å². The second-order valence-corrected chi connectivity index (χ2v) is 11.6. The molecule has 1 fully saturated rings. The Hall–Kier alpha value is -3.59. The minimum Gasteiger partial charge on any atom is -0.261 e. The molecule has 2 aliphatic rings. The van der Waals surface area contributed by atoms with Gasteiger partial charge in [0.1, 0.15) is 5.01 Å². The van der Waals surface area contributed by atoms with Crippen LogP contribution in [-0.4, -0.2) is 26.7 Å². The first-order chi connectivity index (χ1) is 17.7. The molecule has 1 aliphatic heterocycles. The highest BCUT2D eigenvalue weighted by molar-refractivity contribution is 7.09. The molecule has 0 bridgehead atoms. The van der Waals surface area contributed by atoms with Crippen LogP contribution in [0.15, 0.2) is 59.0 Å². The van der Waals surface area contributed by atoms with Crippen LogP contribution >= 0.6 is 11.3 Å². The molecule has 8 nitrogen and oxygen atoms in total. The molecular weight excluding hydrogens is 486 g/mol. The van der Waals surface area contributed by atoms with Crippen molar-refractivity contribution in [1.82, 2.24) is 9.99 Å². The van der Waals surface area contributed by atoms with Crippen molar-refractivity contribution in [3.8, 4) is 0 Å². The normalized spacial score (nSPS) is 16.8. The van der Waals surface area contributed by atoms with Crippen molar-refractivity contribution in [2.45, 2.75) is 64.8 Å². The van der Waals surface area contributed by atoms with Gasteiger partial charge < -0.3 is 0 Å². The van der Waals surface area contributed by atoms with E-state index in [1.54, 1.807) is 17.0 Å². The molecule has 37 heavy (non-hydrogen) atoms. The summed E-state index contributed by atoms with van der Waals surface area (Å²) < 4.78 is 0. The molecule has 2 amide bonds. The molecule has 0 radical (unpaired) electrons. The number of nitrogens with zero attached hydrogens (tertiary/aromatic N) is 5. The van der Waals surface area contributed by atoms with Gasteiger partial charge in [0, 0.05) is 34.4 Å². The molecule has 1 aromatic heterocycles. The van der Waals surface area contributed by atoms with E-state index in [1.807, 2.05) is 29.6 Å². The average molecular weight is 518 g/mol. The topological polar surface area (TPSA) is 91.9 Å². The Morgan fingerprint density at radius 3 is 2.41 bits per heavy atom. The fraction of sp³-hybridized carbons (Fsp3) is 0.393. The smallest absolute Gasteiger partial charge is 0.261 e. The molecule has 1 aliphatic carbocycles. The molecule has 0 saturated heterocycles. The molecule has 2 aromatic carbocycles. The summed E-state index contributed by atoms with van der Waals surface area (Å²) in [5.74, 6) is 0.267. The van der Waals surface area contributed by atoms with Gasteiger partial charge in [-0.25, -0.2) is 14.8 Å². The lowest BCUT2D eigenvalue weighted by Crippen LogP contribution is -2.36. The second kappa shape index (κ2) is 10.0. The monoisotopic (exact) mass is 517 g/mol. The summed E-state index contributed by atoms with van der Waals surface area (Å²) in [6.45, 7) is 6.62. The summed E-state index contributed by atoms with van der Waals surface area (Å²) in [4.78, 5) is 31.4. The van der Waals surface area contributed by atoms with E-state index >= 15 is 0 Å². The van der Waals surface area contributed by atoms with E-state index in [0.29, 0.717) is 5.69 Å². The molecule has 2 heterocycles. The fourth-order valence-electron chi connectivity index (χ4n) is 4.94. The van der Waals surface area contributed by atoms with Crippen LogP contribution in [0.5, 0.6) is 0 Å². The molecule has 0 unspecified atom stereocenters. The van der Waals surface area contributed by atoms with Crippen molar-refractivity contribution >= 4 is 40.1 Å². The number of hydrazone groups is 1. The van der Waals surface area contributed by atoms with Gasteiger partial charge in [0.25, 0.3) is 5.69 Å². The Kier molecular flexibility index (Phi) is 6.81. The lowest BCUT2D eigenvalue weighted by Gasteiger charge is -2.26. The molecule has 9 heteroatoms. The van der Waals surface area contributed by atoms with Gasteiger partial charge in [0.2, 0.25) is 0 Å². The van der Waals surface area contributed by atoms with Gasteiger partial charge in [-0.05, 0) is 31.0 Å². The number of carbonyl (C=O) groups is 1. The number of benzene rings is 2. The second-order valence-electron chi connectivity index (χ2n) is 10.7. The maximum absolute atomic E-state index is 14.2. The number of anilines is 2. The van der Waals surface area contributed by atoms with Crippen LogP contribution in [0, 0.1) is 16.0 Å². The maximum Gasteiger partial charge on any atom is 0.349 e. The van der Waals surface area contributed by atoms with E-state index in [4.69, 9.17) is 10.1 Å². The zero-order valence-electron chi connectivity index (χ0n) is 21.4. The summed E-state index contributed by atoms with van der Waals surface area (Å²) in [6, 6.07) is 13.6. The highest BCUT2D eigenvalue weighted by Gasteiger charge is 2.34. The summed E-state index contributed by atoms with van der Waals surface area (Å²) in [5, 5.41) is 20.7. The van der Waals surface area contributed by atoms with Crippen molar-refractivity contribution in [3.05, 3.63) is 80.3 Å². The molecule has 192 valence electrons. The highest BCUT2D eigenvalue weighted by atomic mass is 32.1. The number of nitro groups is 1. The number of non-ortho nitro benzene ring substituents is 1. The van der Waals surface area contributed by atoms with Crippen molar-refractivity contribution in [1.29, 1.82) is 0 Å². The number of thiazole rings is 1. The van der Waals surface area contributed by atoms with Crippen LogP contribution in [0.3, 0.4) is 0 Å². The third-order valence-corrected chi connectivity index (χ3v) is 7.81. The largest absolute Gasteiger partial charge is 0.349 e. The van der Waals surface area contributed by atoms with Gasteiger partial charge in [-0.2, -0.15) is 5.10 Å². The number of nitro benzene ring substituents is 1. The lowest BCUT2D eigenvalue weighted by atomic mass is 9.83. The van der Waals surface area contributed by atoms with E-state index in [0.717, 1.165) is 53.3 Å². The quantitative estimate of drug-likeness (QED) is 0.260. The molecule has 1 saturated carbocycles. The molecule has 0 atom stereocenters. The lowest BCUT2D eigenvalue weighted by molar-refractivity contribution is -0.384. The Morgan fingerprint density at radius 1 is 1.05 bits per heavy atom. The van der Waals surface area contributed by atoms with Crippen LogP contribution in [-0.2, 0) is 12.0 Å². The van der Waals surface area contributed by atoms with E-state index in [1.165, 1.54) is 34.9 Å². The molecular formula is C28H31N5O3S. The fourth-order valence-corrected chi connectivity index (χ4v) is 5.94. The van der Waals surface area contributed by atoms with Crippen molar-refractivity contribution in [2.24, 2.45) is 11.0 Å². The number of fused-ring (bicyclic) bond motifs is 1. The van der Waals surface area contributed by atoms with E-state index in [-0.39, 0.29) is 29.6 Å². The Labute approximate surface area is 220 Å². The number of hydrogen-bond acceptors (Lipinski definition) is 6. The van der Waals surface area contributed by atoms with Crippen LogP contribution in [0.25, 0.3) is 0 Å². The van der Waals surface area contributed by atoms with Crippen LogP contribution in [0.2, 0.25) is 0 Å². The number of hydrogen-bond donors (Lipinski definition) is 0. The number of amides is 2. The van der Waals surface area contributed by atoms with Crippen LogP contribution in [0.4, 0.5) is 21.9 Å². The third kappa shape index (κ3) is 5.13. The van der Waals surface area contributed by atoms with Crippen LogP contribution < -0.4 is 4.90 Å². The molecule has 5 rings (SSSR count). The highest BCUT2D eigenvalue weighted by Crippen LogP contribution is 2.38. The van der Waals surface area contributed by atoms with Gasteiger partial charge in [-0.1, -0.05) is 58.2 Å². The number of rotatable bonds is 5. The third-order valence-electron chi connectivity index (χ3n) is 6.98. The number of carbonyl (C=O) groups excluding carboxylic acids is 1.